The van der Waals surface area contributed by atoms with Gasteiger partial charge in [-0.3, -0.25) is 0 Å². The molecule has 1 nitrogen and oxygen atoms in total. The van der Waals surface area contributed by atoms with Crippen molar-refractivity contribution in [3.05, 3.63) is 35.4 Å². The molecule has 0 bridgehead atoms. The van der Waals surface area contributed by atoms with Crippen LogP contribution in [-0.4, -0.2) is 5.88 Å². The quantitative estimate of drug-likeness (QED) is 0.741. The topological polar surface area (TPSA) is 26.0 Å². The number of benzene rings is 1. The molecule has 0 heterocycles. The van der Waals surface area contributed by atoms with Crippen molar-refractivity contribution in [3.63, 3.8) is 0 Å². The predicted molar refractivity (Wildman–Crippen MR) is 58.1 cm³/mol. The molecule has 1 aromatic carbocycles. The van der Waals surface area contributed by atoms with Crippen molar-refractivity contribution < 1.29 is 0 Å². The van der Waals surface area contributed by atoms with E-state index >= 15 is 0 Å². The molecule has 1 aromatic rings. The SMILES string of the molecule is CC(C)(CCl)c1ccccc1CN. The Kier molecular flexibility index (Phi) is 3.34. The highest BCUT2D eigenvalue weighted by atomic mass is 35.5. The van der Waals surface area contributed by atoms with Gasteiger partial charge in [-0.15, -0.1) is 11.6 Å². The maximum atomic E-state index is 5.92. The van der Waals surface area contributed by atoms with Crippen LogP contribution in [0.25, 0.3) is 0 Å². The van der Waals surface area contributed by atoms with Gasteiger partial charge in [0.1, 0.15) is 0 Å². The third-order valence-electron chi connectivity index (χ3n) is 2.30. The predicted octanol–water partition coefficient (Wildman–Crippen LogP) is 2.66. The minimum Gasteiger partial charge on any atom is -0.326 e. The van der Waals surface area contributed by atoms with E-state index in [2.05, 4.69) is 26.0 Å². The fourth-order valence-electron chi connectivity index (χ4n) is 1.43. The van der Waals surface area contributed by atoms with Crippen molar-refractivity contribution >= 4 is 11.6 Å². The monoisotopic (exact) mass is 197 g/mol. The van der Waals surface area contributed by atoms with Crippen LogP contribution in [0.5, 0.6) is 0 Å². The van der Waals surface area contributed by atoms with E-state index in [1.165, 1.54) is 11.1 Å². The van der Waals surface area contributed by atoms with E-state index < -0.39 is 0 Å². The second kappa shape index (κ2) is 4.12. The van der Waals surface area contributed by atoms with Crippen LogP contribution >= 0.6 is 11.6 Å². The van der Waals surface area contributed by atoms with Crippen molar-refractivity contribution in [2.45, 2.75) is 25.8 Å². The van der Waals surface area contributed by atoms with Gasteiger partial charge in [-0.2, -0.15) is 0 Å². The lowest BCUT2D eigenvalue weighted by Gasteiger charge is -2.24. The van der Waals surface area contributed by atoms with Crippen LogP contribution in [0.2, 0.25) is 0 Å². The van der Waals surface area contributed by atoms with Crippen molar-refractivity contribution in [2.24, 2.45) is 5.73 Å². The van der Waals surface area contributed by atoms with Gasteiger partial charge in [-0.05, 0) is 11.1 Å². The molecule has 0 aliphatic carbocycles. The van der Waals surface area contributed by atoms with E-state index in [1.54, 1.807) is 0 Å². The Balaban J connectivity index is 3.12. The zero-order chi connectivity index (χ0) is 9.90. The molecular formula is C11H16ClN. The van der Waals surface area contributed by atoms with E-state index in [0.29, 0.717) is 12.4 Å². The Bertz CT molecular complexity index is 281. The molecule has 0 radical (unpaired) electrons. The number of rotatable bonds is 3. The molecule has 0 aliphatic heterocycles. The summed E-state index contributed by atoms with van der Waals surface area (Å²) in [7, 11) is 0. The average molecular weight is 198 g/mol. The Morgan fingerprint density at radius 1 is 1.31 bits per heavy atom. The number of hydrogen-bond donors (Lipinski definition) is 1. The van der Waals surface area contributed by atoms with Gasteiger partial charge in [0.25, 0.3) is 0 Å². The molecule has 1 rings (SSSR count). The molecule has 2 heteroatoms. The van der Waals surface area contributed by atoms with E-state index in [1.807, 2.05) is 12.1 Å². The highest BCUT2D eigenvalue weighted by Crippen LogP contribution is 2.27. The standard InChI is InChI=1S/C11H16ClN/c1-11(2,8-12)10-6-4-3-5-9(10)7-13/h3-6H,7-8,13H2,1-2H3. The van der Waals surface area contributed by atoms with Gasteiger partial charge in [-0.25, -0.2) is 0 Å². The summed E-state index contributed by atoms with van der Waals surface area (Å²) >= 11 is 5.92. The average Bonchev–Trinajstić information content (AvgIpc) is 2.18. The maximum Gasteiger partial charge on any atom is 0.0315 e. The molecule has 0 spiro atoms. The first-order valence-corrected chi connectivity index (χ1v) is 4.99. The van der Waals surface area contributed by atoms with E-state index in [9.17, 15) is 0 Å². The first-order chi connectivity index (χ1) is 6.11. The van der Waals surface area contributed by atoms with Gasteiger partial charge in [-0.1, -0.05) is 38.1 Å². The Labute approximate surface area is 84.9 Å². The first kappa shape index (κ1) is 10.6. The fraction of sp³-hybridized carbons (Fsp3) is 0.455. The van der Waals surface area contributed by atoms with Crippen LogP contribution in [0.4, 0.5) is 0 Å². The van der Waals surface area contributed by atoms with Gasteiger partial charge in [0.05, 0.1) is 0 Å². The summed E-state index contributed by atoms with van der Waals surface area (Å²) < 4.78 is 0. The normalized spacial score (nSPS) is 11.7. The molecular weight excluding hydrogens is 182 g/mol. The maximum absolute atomic E-state index is 5.92. The minimum atomic E-state index is 0.0114. The van der Waals surface area contributed by atoms with Crippen molar-refractivity contribution in [1.29, 1.82) is 0 Å². The highest BCUT2D eigenvalue weighted by Gasteiger charge is 2.21. The van der Waals surface area contributed by atoms with Crippen LogP contribution < -0.4 is 5.73 Å². The lowest BCUT2D eigenvalue weighted by molar-refractivity contribution is 0.590. The number of alkyl halides is 1. The van der Waals surface area contributed by atoms with Crippen molar-refractivity contribution in [2.75, 3.05) is 5.88 Å². The molecule has 0 unspecified atom stereocenters. The minimum absolute atomic E-state index is 0.0114. The number of hydrogen-bond acceptors (Lipinski definition) is 1. The summed E-state index contributed by atoms with van der Waals surface area (Å²) in [5.74, 6) is 0.615. The third kappa shape index (κ3) is 2.23. The zero-order valence-corrected chi connectivity index (χ0v) is 8.93. The molecule has 0 fully saturated rings. The van der Waals surface area contributed by atoms with Crippen LogP contribution in [0.15, 0.2) is 24.3 Å². The van der Waals surface area contributed by atoms with E-state index in [0.717, 1.165) is 0 Å². The van der Waals surface area contributed by atoms with Crippen LogP contribution in [-0.2, 0) is 12.0 Å². The van der Waals surface area contributed by atoms with Gasteiger partial charge in [0.15, 0.2) is 0 Å². The second-order valence-electron chi connectivity index (χ2n) is 3.88. The molecule has 2 N–H and O–H groups in total. The molecule has 0 aliphatic rings. The largest absolute Gasteiger partial charge is 0.326 e. The lowest BCUT2D eigenvalue weighted by Crippen LogP contribution is -2.22. The van der Waals surface area contributed by atoms with E-state index in [4.69, 9.17) is 17.3 Å². The van der Waals surface area contributed by atoms with Gasteiger partial charge < -0.3 is 5.73 Å². The van der Waals surface area contributed by atoms with E-state index in [-0.39, 0.29) is 5.41 Å². The van der Waals surface area contributed by atoms with Crippen LogP contribution in [0.3, 0.4) is 0 Å². The zero-order valence-electron chi connectivity index (χ0n) is 8.18. The van der Waals surface area contributed by atoms with Crippen molar-refractivity contribution in [1.82, 2.24) is 0 Å². The highest BCUT2D eigenvalue weighted by molar-refractivity contribution is 6.18. The Hall–Kier alpha value is -0.530. The smallest absolute Gasteiger partial charge is 0.0315 e. The molecule has 0 aromatic heterocycles. The summed E-state index contributed by atoms with van der Waals surface area (Å²) in [5.41, 5.74) is 8.12. The Morgan fingerprint density at radius 2 is 1.92 bits per heavy atom. The molecule has 0 atom stereocenters. The number of halogens is 1. The van der Waals surface area contributed by atoms with Crippen LogP contribution in [0, 0.1) is 0 Å². The molecule has 13 heavy (non-hydrogen) atoms. The summed E-state index contributed by atoms with van der Waals surface area (Å²) in [6, 6.07) is 8.20. The Morgan fingerprint density at radius 3 is 2.46 bits per heavy atom. The molecule has 0 saturated carbocycles. The fourth-order valence-corrected chi connectivity index (χ4v) is 1.57. The summed E-state index contributed by atoms with van der Waals surface area (Å²) in [4.78, 5) is 0. The molecule has 72 valence electrons. The second-order valence-corrected chi connectivity index (χ2v) is 4.15. The molecule has 0 saturated heterocycles. The van der Waals surface area contributed by atoms with Gasteiger partial charge in [0.2, 0.25) is 0 Å². The summed E-state index contributed by atoms with van der Waals surface area (Å²) in [5, 5.41) is 0. The van der Waals surface area contributed by atoms with Crippen molar-refractivity contribution in [3.8, 4) is 0 Å². The lowest BCUT2D eigenvalue weighted by atomic mass is 9.83. The summed E-state index contributed by atoms with van der Waals surface area (Å²) in [6.45, 7) is 4.85. The van der Waals surface area contributed by atoms with Gasteiger partial charge in [0, 0.05) is 17.8 Å². The number of nitrogens with two attached hydrogens (primary N) is 1. The molecule has 0 amide bonds. The third-order valence-corrected chi connectivity index (χ3v) is 2.97. The van der Waals surface area contributed by atoms with Crippen LogP contribution in [0.1, 0.15) is 25.0 Å². The van der Waals surface area contributed by atoms with Gasteiger partial charge >= 0.3 is 0 Å². The summed E-state index contributed by atoms with van der Waals surface area (Å²) in [6.07, 6.45) is 0. The first-order valence-electron chi connectivity index (χ1n) is 4.46.